The third-order valence-electron chi connectivity index (χ3n) is 4.05. The normalized spacial score (nSPS) is 22.3. The predicted octanol–water partition coefficient (Wildman–Crippen LogP) is 2.09. The second kappa shape index (κ2) is 7.40. The molecule has 1 saturated heterocycles. The number of likely N-dealkylation sites (tertiary alicyclic amines) is 1. The minimum atomic E-state index is -0.466. The summed E-state index contributed by atoms with van der Waals surface area (Å²) in [4.78, 5) is 25.4. The van der Waals surface area contributed by atoms with Gasteiger partial charge < -0.3 is 16.0 Å². The Morgan fingerprint density at radius 3 is 2.32 bits per heavy atom. The average Bonchev–Trinajstić information content (AvgIpc) is 2.45. The third-order valence-corrected chi connectivity index (χ3v) is 4.05. The SMILES string of the molecule is CC1CC(C)CN(CCC(=O)Nc2ccc(C(N)=O)cc2)C1. The summed E-state index contributed by atoms with van der Waals surface area (Å²) >= 11 is 0. The van der Waals surface area contributed by atoms with Gasteiger partial charge >= 0.3 is 0 Å². The molecule has 2 unspecified atom stereocenters. The van der Waals surface area contributed by atoms with Crippen molar-refractivity contribution in [3.8, 4) is 0 Å². The summed E-state index contributed by atoms with van der Waals surface area (Å²) in [7, 11) is 0. The molecule has 22 heavy (non-hydrogen) atoms. The molecule has 0 aliphatic carbocycles. The first-order chi connectivity index (χ1) is 10.4. The highest BCUT2D eigenvalue weighted by Gasteiger charge is 2.21. The zero-order valence-electron chi connectivity index (χ0n) is 13.3. The molecule has 1 fully saturated rings. The van der Waals surface area contributed by atoms with E-state index < -0.39 is 5.91 Å². The van der Waals surface area contributed by atoms with Gasteiger partial charge in [0, 0.05) is 37.3 Å². The lowest BCUT2D eigenvalue weighted by Crippen LogP contribution is -2.40. The highest BCUT2D eigenvalue weighted by atomic mass is 16.2. The molecule has 1 aromatic rings. The Labute approximate surface area is 131 Å². The molecule has 3 N–H and O–H groups in total. The van der Waals surface area contributed by atoms with Crippen molar-refractivity contribution in [1.82, 2.24) is 4.90 Å². The van der Waals surface area contributed by atoms with Gasteiger partial charge in [0.15, 0.2) is 0 Å². The zero-order chi connectivity index (χ0) is 16.1. The van der Waals surface area contributed by atoms with Gasteiger partial charge in [0.05, 0.1) is 0 Å². The minimum absolute atomic E-state index is 0.00213. The van der Waals surface area contributed by atoms with Crippen LogP contribution in [-0.4, -0.2) is 36.3 Å². The van der Waals surface area contributed by atoms with Gasteiger partial charge in [-0.15, -0.1) is 0 Å². The number of carbonyl (C=O) groups excluding carboxylic acids is 2. The highest BCUT2D eigenvalue weighted by Crippen LogP contribution is 2.21. The van der Waals surface area contributed by atoms with E-state index in [1.807, 2.05) is 0 Å². The zero-order valence-corrected chi connectivity index (χ0v) is 13.3. The number of nitrogens with two attached hydrogens (primary N) is 1. The molecule has 0 saturated carbocycles. The summed E-state index contributed by atoms with van der Waals surface area (Å²) in [5.74, 6) is 0.935. The number of hydrogen-bond acceptors (Lipinski definition) is 3. The molecule has 5 heteroatoms. The van der Waals surface area contributed by atoms with Crippen LogP contribution >= 0.6 is 0 Å². The highest BCUT2D eigenvalue weighted by molar-refractivity contribution is 5.94. The number of nitrogens with zero attached hydrogens (tertiary/aromatic N) is 1. The van der Waals surface area contributed by atoms with Crippen molar-refractivity contribution in [2.75, 3.05) is 25.0 Å². The van der Waals surface area contributed by atoms with Crippen LogP contribution in [0.1, 0.15) is 37.0 Å². The van der Waals surface area contributed by atoms with Gasteiger partial charge in [-0.05, 0) is 42.5 Å². The van der Waals surface area contributed by atoms with Crippen LogP contribution < -0.4 is 11.1 Å². The van der Waals surface area contributed by atoms with Crippen LogP contribution in [0, 0.1) is 11.8 Å². The maximum Gasteiger partial charge on any atom is 0.248 e. The van der Waals surface area contributed by atoms with Crippen molar-refractivity contribution in [2.24, 2.45) is 17.6 Å². The fourth-order valence-corrected chi connectivity index (χ4v) is 3.18. The molecule has 0 aromatic heterocycles. The Kier molecular flexibility index (Phi) is 5.55. The summed E-state index contributed by atoms with van der Waals surface area (Å²) in [6.45, 7) is 7.47. The Morgan fingerprint density at radius 1 is 1.18 bits per heavy atom. The number of hydrogen-bond donors (Lipinski definition) is 2. The van der Waals surface area contributed by atoms with Crippen LogP contribution in [0.4, 0.5) is 5.69 Å². The van der Waals surface area contributed by atoms with Crippen molar-refractivity contribution in [1.29, 1.82) is 0 Å². The van der Waals surface area contributed by atoms with Crippen molar-refractivity contribution in [3.05, 3.63) is 29.8 Å². The largest absolute Gasteiger partial charge is 0.366 e. The van der Waals surface area contributed by atoms with Gasteiger partial charge in [-0.3, -0.25) is 9.59 Å². The Hall–Kier alpha value is -1.88. The maximum atomic E-state index is 12.0. The molecule has 0 radical (unpaired) electrons. The number of piperidine rings is 1. The number of nitrogens with one attached hydrogen (secondary N) is 1. The Morgan fingerprint density at radius 2 is 1.77 bits per heavy atom. The monoisotopic (exact) mass is 303 g/mol. The van der Waals surface area contributed by atoms with Crippen LogP contribution in [0.3, 0.4) is 0 Å². The van der Waals surface area contributed by atoms with Gasteiger partial charge in [0.2, 0.25) is 11.8 Å². The van der Waals surface area contributed by atoms with Crippen LogP contribution in [0.25, 0.3) is 0 Å². The Balaban J connectivity index is 1.79. The standard InChI is InChI=1S/C17H25N3O2/c1-12-9-13(2)11-20(10-12)8-7-16(21)19-15-5-3-14(4-6-15)17(18)22/h3-6,12-13H,7-11H2,1-2H3,(H2,18,22)(H,19,21). The van der Waals surface area contributed by atoms with Crippen LogP contribution in [-0.2, 0) is 4.79 Å². The molecule has 1 aliphatic heterocycles. The molecule has 2 amide bonds. The second-order valence-electron chi connectivity index (χ2n) is 6.45. The van der Waals surface area contributed by atoms with Gasteiger partial charge in [-0.2, -0.15) is 0 Å². The molecule has 1 aliphatic rings. The van der Waals surface area contributed by atoms with Crippen molar-refractivity contribution >= 4 is 17.5 Å². The molecule has 0 bridgehead atoms. The topological polar surface area (TPSA) is 75.4 Å². The van der Waals surface area contributed by atoms with E-state index in [1.165, 1.54) is 6.42 Å². The van der Waals surface area contributed by atoms with Gasteiger partial charge in [0.25, 0.3) is 0 Å². The first-order valence-electron chi connectivity index (χ1n) is 7.86. The number of carbonyl (C=O) groups is 2. The van der Waals surface area contributed by atoms with E-state index in [1.54, 1.807) is 24.3 Å². The smallest absolute Gasteiger partial charge is 0.248 e. The summed E-state index contributed by atoms with van der Waals surface area (Å²) in [5, 5.41) is 2.85. The summed E-state index contributed by atoms with van der Waals surface area (Å²) in [5.41, 5.74) is 6.32. The molecule has 1 aromatic carbocycles. The molecule has 2 atom stereocenters. The number of rotatable bonds is 5. The molecule has 120 valence electrons. The predicted molar refractivity (Wildman–Crippen MR) is 87.6 cm³/mol. The van der Waals surface area contributed by atoms with E-state index in [2.05, 4.69) is 24.1 Å². The average molecular weight is 303 g/mol. The molecule has 5 nitrogen and oxygen atoms in total. The fraction of sp³-hybridized carbons (Fsp3) is 0.529. The number of anilines is 1. The van der Waals surface area contributed by atoms with E-state index >= 15 is 0 Å². The van der Waals surface area contributed by atoms with E-state index in [4.69, 9.17) is 5.73 Å². The fourth-order valence-electron chi connectivity index (χ4n) is 3.18. The third kappa shape index (κ3) is 4.84. The molecular formula is C17H25N3O2. The first kappa shape index (κ1) is 16.5. The molecular weight excluding hydrogens is 278 g/mol. The lowest BCUT2D eigenvalue weighted by atomic mass is 9.92. The summed E-state index contributed by atoms with van der Waals surface area (Å²) < 4.78 is 0. The molecule has 0 spiro atoms. The molecule has 1 heterocycles. The van der Waals surface area contributed by atoms with E-state index in [-0.39, 0.29) is 5.91 Å². The Bertz CT molecular complexity index is 517. The van der Waals surface area contributed by atoms with Gasteiger partial charge in [0.1, 0.15) is 0 Å². The quantitative estimate of drug-likeness (QED) is 0.874. The van der Waals surface area contributed by atoms with Crippen LogP contribution in [0.15, 0.2) is 24.3 Å². The van der Waals surface area contributed by atoms with E-state index in [0.29, 0.717) is 29.5 Å². The van der Waals surface area contributed by atoms with E-state index in [0.717, 1.165) is 19.6 Å². The lowest BCUT2D eigenvalue weighted by Gasteiger charge is -2.34. The second-order valence-corrected chi connectivity index (χ2v) is 6.45. The van der Waals surface area contributed by atoms with Crippen LogP contribution in [0.2, 0.25) is 0 Å². The van der Waals surface area contributed by atoms with Crippen LogP contribution in [0.5, 0.6) is 0 Å². The van der Waals surface area contributed by atoms with E-state index in [9.17, 15) is 9.59 Å². The first-order valence-corrected chi connectivity index (χ1v) is 7.86. The van der Waals surface area contributed by atoms with Crippen molar-refractivity contribution in [2.45, 2.75) is 26.7 Å². The minimum Gasteiger partial charge on any atom is -0.366 e. The summed E-state index contributed by atoms with van der Waals surface area (Å²) in [6, 6.07) is 6.63. The summed E-state index contributed by atoms with van der Waals surface area (Å²) in [6.07, 6.45) is 1.76. The number of amides is 2. The number of benzene rings is 1. The van der Waals surface area contributed by atoms with Gasteiger partial charge in [-0.1, -0.05) is 13.8 Å². The molecule has 2 rings (SSSR count). The number of primary amides is 1. The van der Waals surface area contributed by atoms with Crippen molar-refractivity contribution in [3.63, 3.8) is 0 Å². The van der Waals surface area contributed by atoms with Crippen molar-refractivity contribution < 1.29 is 9.59 Å². The van der Waals surface area contributed by atoms with Gasteiger partial charge in [-0.25, -0.2) is 0 Å². The lowest BCUT2D eigenvalue weighted by molar-refractivity contribution is -0.116. The maximum absolute atomic E-state index is 12.0.